The average molecular weight is 248 g/mol. The van der Waals surface area contributed by atoms with E-state index in [9.17, 15) is 17.1 Å². The Bertz CT molecular complexity index is 509. The van der Waals surface area contributed by atoms with E-state index in [0.717, 1.165) is 12.1 Å². The number of benzene rings is 1. The van der Waals surface area contributed by atoms with Crippen molar-refractivity contribution < 1.29 is 26.9 Å². The van der Waals surface area contributed by atoms with Crippen molar-refractivity contribution in [3.05, 3.63) is 23.8 Å². The summed E-state index contributed by atoms with van der Waals surface area (Å²) in [6, 6.07) is 3.30. The van der Waals surface area contributed by atoms with Crippen LogP contribution in [0.4, 0.5) is 3.89 Å². The van der Waals surface area contributed by atoms with Gasteiger partial charge >= 0.3 is 16.2 Å². The minimum atomic E-state index is -4.75. The highest BCUT2D eigenvalue weighted by Crippen LogP contribution is 2.22. The molecule has 0 amide bonds. The van der Waals surface area contributed by atoms with Gasteiger partial charge in [0.1, 0.15) is 5.75 Å². The van der Waals surface area contributed by atoms with Gasteiger partial charge in [-0.05, 0) is 30.7 Å². The molecule has 1 aromatic rings. The lowest BCUT2D eigenvalue weighted by Gasteiger charge is -2.07. The summed E-state index contributed by atoms with van der Waals surface area (Å²) in [7, 11) is -4.75. The topological polar surface area (TPSA) is 80.7 Å². The van der Waals surface area contributed by atoms with Crippen LogP contribution >= 0.6 is 0 Å². The number of aliphatic carboxylic acids is 1. The molecule has 0 aliphatic carbocycles. The first-order valence-corrected chi connectivity index (χ1v) is 5.59. The molecule has 1 N–H and O–H groups in total. The van der Waals surface area contributed by atoms with Gasteiger partial charge in [0.2, 0.25) is 0 Å². The third kappa shape index (κ3) is 3.20. The van der Waals surface area contributed by atoms with Crippen LogP contribution in [0.25, 0.3) is 0 Å². The fraction of sp³-hybridized carbons (Fsp3) is 0.222. The summed E-state index contributed by atoms with van der Waals surface area (Å²) in [5.41, 5.74) is 0.347. The lowest BCUT2D eigenvalue weighted by atomic mass is 10.2. The molecule has 1 aromatic carbocycles. The number of rotatable bonds is 4. The molecule has 0 radical (unpaired) electrons. The minimum Gasteiger partial charge on any atom is -0.482 e. The molecule has 0 unspecified atom stereocenters. The maximum Gasteiger partial charge on any atom is 0.341 e. The van der Waals surface area contributed by atoms with Gasteiger partial charge in [0.05, 0.1) is 4.90 Å². The smallest absolute Gasteiger partial charge is 0.341 e. The number of ether oxygens (including phenoxy) is 1. The molecular formula is C9H9FO5S. The number of halogens is 1. The van der Waals surface area contributed by atoms with Crippen LogP contribution in [0, 0.1) is 6.92 Å². The summed E-state index contributed by atoms with van der Waals surface area (Å²) in [6.07, 6.45) is 0. The molecule has 7 heteroatoms. The van der Waals surface area contributed by atoms with Gasteiger partial charge in [-0.3, -0.25) is 0 Å². The molecule has 1 rings (SSSR count). The molecule has 0 bridgehead atoms. The van der Waals surface area contributed by atoms with Crippen molar-refractivity contribution in [2.75, 3.05) is 6.61 Å². The first kappa shape index (κ1) is 12.4. The normalized spacial score (nSPS) is 11.1. The van der Waals surface area contributed by atoms with Gasteiger partial charge in [0.25, 0.3) is 0 Å². The van der Waals surface area contributed by atoms with Crippen LogP contribution in [-0.4, -0.2) is 26.1 Å². The van der Waals surface area contributed by atoms with Crippen molar-refractivity contribution in [3.63, 3.8) is 0 Å². The fourth-order valence-electron chi connectivity index (χ4n) is 1.07. The van der Waals surface area contributed by atoms with E-state index in [0.29, 0.717) is 5.56 Å². The van der Waals surface area contributed by atoms with Gasteiger partial charge in [0.15, 0.2) is 6.61 Å². The highest BCUT2D eigenvalue weighted by Gasteiger charge is 2.13. The molecule has 88 valence electrons. The van der Waals surface area contributed by atoms with Crippen LogP contribution in [-0.2, 0) is 15.0 Å². The van der Waals surface area contributed by atoms with Crippen LogP contribution in [0.15, 0.2) is 23.1 Å². The molecule has 0 aliphatic heterocycles. The molecule has 0 saturated carbocycles. The number of carbonyl (C=O) groups is 1. The van der Waals surface area contributed by atoms with Crippen LogP contribution < -0.4 is 4.74 Å². The number of hydrogen-bond donors (Lipinski definition) is 1. The van der Waals surface area contributed by atoms with Crippen LogP contribution in [0.3, 0.4) is 0 Å². The zero-order valence-corrected chi connectivity index (χ0v) is 9.12. The molecule has 0 fully saturated rings. The molecule has 16 heavy (non-hydrogen) atoms. The number of aryl methyl sites for hydroxylation is 1. The largest absolute Gasteiger partial charge is 0.482 e. The van der Waals surface area contributed by atoms with Crippen molar-refractivity contribution in [1.82, 2.24) is 0 Å². The second kappa shape index (κ2) is 4.48. The molecule has 0 aliphatic rings. The van der Waals surface area contributed by atoms with Crippen LogP contribution in [0.5, 0.6) is 5.75 Å². The van der Waals surface area contributed by atoms with Gasteiger partial charge in [-0.15, -0.1) is 3.89 Å². The van der Waals surface area contributed by atoms with E-state index >= 15 is 0 Å². The zero-order valence-electron chi connectivity index (χ0n) is 8.31. The quantitative estimate of drug-likeness (QED) is 0.807. The average Bonchev–Trinajstić information content (AvgIpc) is 2.14. The van der Waals surface area contributed by atoms with Gasteiger partial charge in [-0.2, -0.15) is 8.42 Å². The first-order chi connectivity index (χ1) is 7.30. The minimum absolute atomic E-state index is 0.204. The van der Waals surface area contributed by atoms with E-state index in [1.54, 1.807) is 0 Å². The molecule has 0 heterocycles. The van der Waals surface area contributed by atoms with E-state index in [2.05, 4.69) is 0 Å². The third-order valence-electron chi connectivity index (χ3n) is 1.78. The van der Waals surface area contributed by atoms with Crippen molar-refractivity contribution in [2.45, 2.75) is 11.8 Å². The molecular weight excluding hydrogens is 239 g/mol. The molecule has 0 saturated heterocycles. The monoisotopic (exact) mass is 248 g/mol. The van der Waals surface area contributed by atoms with Crippen molar-refractivity contribution >= 4 is 16.2 Å². The van der Waals surface area contributed by atoms with Gasteiger partial charge in [-0.25, -0.2) is 4.79 Å². The first-order valence-electron chi connectivity index (χ1n) is 4.20. The highest BCUT2D eigenvalue weighted by atomic mass is 32.3. The Labute approximate surface area is 91.7 Å². The SMILES string of the molecule is Cc1cc(S(=O)(=O)F)ccc1OCC(=O)O. The maximum absolute atomic E-state index is 12.6. The summed E-state index contributed by atoms with van der Waals surface area (Å²) in [5, 5.41) is 8.37. The standard InChI is InChI=1S/C9H9FO5S/c1-6-4-7(16(10,13)14)2-3-8(6)15-5-9(11)12/h2-4H,5H2,1H3,(H,11,12). The zero-order chi connectivity index (χ0) is 12.3. The Kier molecular flexibility index (Phi) is 3.48. The van der Waals surface area contributed by atoms with E-state index in [1.165, 1.54) is 13.0 Å². The van der Waals surface area contributed by atoms with Crippen LogP contribution in [0.1, 0.15) is 5.56 Å². The van der Waals surface area contributed by atoms with E-state index < -0.39 is 27.7 Å². The Balaban J connectivity index is 2.96. The lowest BCUT2D eigenvalue weighted by molar-refractivity contribution is -0.139. The van der Waals surface area contributed by atoms with Crippen molar-refractivity contribution in [1.29, 1.82) is 0 Å². The number of carboxylic acids is 1. The van der Waals surface area contributed by atoms with Gasteiger partial charge in [0, 0.05) is 0 Å². The van der Waals surface area contributed by atoms with E-state index in [4.69, 9.17) is 9.84 Å². The number of hydrogen-bond acceptors (Lipinski definition) is 4. The second-order valence-electron chi connectivity index (χ2n) is 3.05. The summed E-state index contributed by atoms with van der Waals surface area (Å²) < 4.78 is 38.6. The molecule has 0 aromatic heterocycles. The Morgan fingerprint density at radius 3 is 2.56 bits per heavy atom. The molecule has 5 nitrogen and oxygen atoms in total. The Hall–Kier alpha value is -1.63. The van der Waals surface area contributed by atoms with Gasteiger partial charge in [-0.1, -0.05) is 0 Å². The predicted octanol–water partition coefficient (Wildman–Crippen LogP) is 1.12. The van der Waals surface area contributed by atoms with Crippen LogP contribution in [0.2, 0.25) is 0 Å². The van der Waals surface area contributed by atoms with E-state index in [1.807, 2.05) is 0 Å². The second-order valence-corrected chi connectivity index (χ2v) is 4.39. The lowest BCUT2D eigenvalue weighted by Crippen LogP contribution is -2.10. The summed E-state index contributed by atoms with van der Waals surface area (Å²) in [6.45, 7) is 0.953. The summed E-state index contributed by atoms with van der Waals surface area (Å²) in [5.74, 6) is -0.948. The highest BCUT2D eigenvalue weighted by molar-refractivity contribution is 7.86. The van der Waals surface area contributed by atoms with Gasteiger partial charge < -0.3 is 9.84 Å². The summed E-state index contributed by atoms with van der Waals surface area (Å²) >= 11 is 0. The fourth-order valence-corrected chi connectivity index (χ4v) is 1.62. The predicted molar refractivity (Wildman–Crippen MR) is 52.6 cm³/mol. The maximum atomic E-state index is 12.6. The molecule has 0 atom stereocenters. The number of carboxylic acid groups (broad SMARTS) is 1. The Morgan fingerprint density at radius 1 is 1.50 bits per heavy atom. The molecule has 0 spiro atoms. The van der Waals surface area contributed by atoms with E-state index in [-0.39, 0.29) is 5.75 Å². The third-order valence-corrected chi connectivity index (χ3v) is 2.60. The summed E-state index contributed by atoms with van der Waals surface area (Å²) in [4.78, 5) is 9.75. The van der Waals surface area contributed by atoms with Crippen molar-refractivity contribution in [3.8, 4) is 5.75 Å². The van der Waals surface area contributed by atoms with Crippen molar-refractivity contribution in [2.24, 2.45) is 0 Å². The Morgan fingerprint density at radius 2 is 2.12 bits per heavy atom.